The van der Waals surface area contributed by atoms with Crippen molar-refractivity contribution in [3.05, 3.63) is 41.5 Å². The van der Waals surface area contributed by atoms with Crippen molar-refractivity contribution < 1.29 is 23.7 Å². The van der Waals surface area contributed by atoms with Gasteiger partial charge in [-0.2, -0.15) is 0 Å². The summed E-state index contributed by atoms with van der Waals surface area (Å²) in [7, 11) is 4.76. The molecule has 8 heteroatoms. The van der Waals surface area contributed by atoms with Gasteiger partial charge in [0.05, 0.1) is 21.3 Å². The van der Waals surface area contributed by atoms with Crippen molar-refractivity contribution in [2.75, 3.05) is 28.1 Å². The summed E-state index contributed by atoms with van der Waals surface area (Å²) < 4.78 is 26.8. The first-order chi connectivity index (χ1) is 13.1. The molecule has 1 aliphatic heterocycles. The van der Waals surface area contributed by atoms with Gasteiger partial charge in [-0.05, 0) is 47.6 Å². The standard InChI is InChI=1S/C19H22N2O5S/c1-22-16-7-13(8-17(23-2)18(16)24-3)10-21-19(27)20-9-12-4-5-14-15(6-12)26-11-25-14/h4-8H,9-11H2,1-3H3,(H2,20,21,27). The van der Waals surface area contributed by atoms with Crippen molar-refractivity contribution in [2.24, 2.45) is 0 Å². The number of hydrogen-bond acceptors (Lipinski definition) is 6. The molecule has 2 aromatic rings. The van der Waals surface area contributed by atoms with Crippen LogP contribution < -0.4 is 34.3 Å². The molecular formula is C19H22N2O5S. The Balaban J connectivity index is 1.56. The normalized spacial score (nSPS) is 11.7. The van der Waals surface area contributed by atoms with E-state index in [9.17, 15) is 0 Å². The van der Waals surface area contributed by atoms with E-state index in [4.69, 9.17) is 35.9 Å². The maximum absolute atomic E-state index is 5.38. The van der Waals surface area contributed by atoms with Gasteiger partial charge in [0.15, 0.2) is 28.1 Å². The van der Waals surface area contributed by atoms with Crippen LogP contribution in [-0.2, 0) is 13.1 Å². The summed E-state index contributed by atoms with van der Waals surface area (Å²) in [6, 6.07) is 9.58. The van der Waals surface area contributed by atoms with E-state index in [0.29, 0.717) is 35.5 Å². The van der Waals surface area contributed by atoms with Gasteiger partial charge in [-0.3, -0.25) is 0 Å². The van der Waals surface area contributed by atoms with Crippen LogP contribution in [0.2, 0.25) is 0 Å². The van der Waals surface area contributed by atoms with E-state index in [-0.39, 0.29) is 6.79 Å². The van der Waals surface area contributed by atoms with Crippen LogP contribution in [0.15, 0.2) is 30.3 Å². The predicted molar refractivity (Wildman–Crippen MR) is 105 cm³/mol. The van der Waals surface area contributed by atoms with Gasteiger partial charge < -0.3 is 34.3 Å². The topological polar surface area (TPSA) is 70.2 Å². The molecule has 0 aliphatic carbocycles. The van der Waals surface area contributed by atoms with Crippen LogP contribution in [0.1, 0.15) is 11.1 Å². The first kappa shape index (κ1) is 18.9. The Morgan fingerprint density at radius 3 is 2.15 bits per heavy atom. The molecule has 2 N–H and O–H groups in total. The Labute approximate surface area is 163 Å². The van der Waals surface area contributed by atoms with Crippen LogP contribution in [-0.4, -0.2) is 33.2 Å². The Kier molecular flexibility index (Phi) is 6.08. The van der Waals surface area contributed by atoms with Crippen molar-refractivity contribution in [1.29, 1.82) is 0 Å². The molecule has 1 heterocycles. The average molecular weight is 390 g/mol. The fourth-order valence-corrected chi connectivity index (χ4v) is 2.86. The van der Waals surface area contributed by atoms with Crippen molar-refractivity contribution in [3.8, 4) is 28.7 Å². The lowest BCUT2D eigenvalue weighted by molar-refractivity contribution is 0.174. The zero-order valence-electron chi connectivity index (χ0n) is 15.5. The average Bonchev–Trinajstić information content (AvgIpc) is 3.17. The fourth-order valence-electron chi connectivity index (χ4n) is 2.72. The molecule has 0 fully saturated rings. The van der Waals surface area contributed by atoms with Gasteiger partial charge in [0, 0.05) is 13.1 Å². The molecule has 0 radical (unpaired) electrons. The van der Waals surface area contributed by atoms with E-state index in [1.807, 2.05) is 30.3 Å². The van der Waals surface area contributed by atoms with E-state index in [2.05, 4.69) is 10.6 Å². The zero-order chi connectivity index (χ0) is 19.2. The van der Waals surface area contributed by atoms with Crippen LogP contribution in [0.4, 0.5) is 0 Å². The molecule has 7 nitrogen and oxygen atoms in total. The van der Waals surface area contributed by atoms with Gasteiger partial charge in [0.2, 0.25) is 12.5 Å². The van der Waals surface area contributed by atoms with E-state index >= 15 is 0 Å². The number of rotatable bonds is 7. The Bertz CT molecular complexity index is 803. The van der Waals surface area contributed by atoms with Crippen molar-refractivity contribution in [3.63, 3.8) is 0 Å². The highest BCUT2D eigenvalue weighted by molar-refractivity contribution is 7.80. The molecule has 3 rings (SSSR count). The lowest BCUT2D eigenvalue weighted by Crippen LogP contribution is -2.34. The molecule has 0 bridgehead atoms. The smallest absolute Gasteiger partial charge is 0.231 e. The van der Waals surface area contributed by atoms with Gasteiger partial charge in [-0.25, -0.2) is 0 Å². The SMILES string of the molecule is COc1cc(CNC(=S)NCc2ccc3c(c2)OCO3)cc(OC)c1OC. The van der Waals surface area contributed by atoms with Gasteiger partial charge in [-0.1, -0.05) is 6.07 Å². The van der Waals surface area contributed by atoms with Gasteiger partial charge >= 0.3 is 0 Å². The number of fused-ring (bicyclic) bond motifs is 1. The summed E-state index contributed by atoms with van der Waals surface area (Å²) in [4.78, 5) is 0. The molecule has 0 saturated carbocycles. The molecule has 0 atom stereocenters. The minimum atomic E-state index is 0.265. The van der Waals surface area contributed by atoms with Crippen LogP contribution in [0.25, 0.3) is 0 Å². The number of methoxy groups -OCH3 is 3. The number of ether oxygens (including phenoxy) is 5. The third-order valence-corrected chi connectivity index (χ3v) is 4.36. The van der Waals surface area contributed by atoms with Crippen LogP contribution >= 0.6 is 12.2 Å². The first-order valence-corrected chi connectivity index (χ1v) is 8.74. The highest BCUT2D eigenvalue weighted by atomic mass is 32.1. The van der Waals surface area contributed by atoms with E-state index < -0.39 is 0 Å². The summed E-state index contributed by atoms with van der Waals surface area (Å²) in [5, 5.41) is 6.89. The molecule has 0 saturated heterocycles. The summed E-state index contributed by atoms with van der Waals surface area (Å²) in [6.45, 7) is 1.36. The van der Waals surface area contributed by atoms with Crippen molar-refractivity contribution >= 4 is 17.3 Å². The lowest BCUT2D eigenvalue weighted by atomic mass is 10.2. The molecule has 0 unspecified atom stereocenters. The van der Waals surface area contributed by atoms with Gasteiger partial charge in [0.1, 0.15) is 0 Å². The molecule has 0 amide bonds. The highest BCUT2D eigenvalue weighted by Gasteiger charge is 2.14. The zero-order valence-corrected chi connectivity index (χ0v) is 16.3. The molecule has 144 valence electrons. The maximum atomic E-state index is 5.38. The molecular weight excluding hydrogens is 368 g/mol. The van der Waals surface area contributed by atoms with Gasteiger partial charge in [0.25, 0.3) is 0 Å². The Morgan fingerprint density at radius 1 is 0.889 bits per heavy atom. The van der Waals surface area contributed by atoms with Gasteiger partial charge in [-0.15, -0.1) is 0 Å². The van der Waals surface area contributed by atoms with E-state index in [1.165, 1.54) is 0 Å². The minimum absolute atomic E-state index is 0.265. The maximum Gasteiger partial charge on any atom is 0.231 e. The van der Waals surface area contributed by atoms with Crippen LogP contribution in [0.5, 0.6) is 28.7 Å². The Hall–Kier alpha value is -2.87. The highest BCUT2D eigenvalue weighted by Crippen LogP contribution is 2.38. The quantitative estimate of drug-likeness (QED) is 0.700. The third-order valence-electron chi connectivity index (χ3n) is 4.07. The summed E-state index contributed by atoms with van der Waals surface area (Å²) in [5.74, 6) is 3.29. The monoisotopic (exact) mass is 390 g/mol. The predicted octanol–water partition coefficient (Wildman–Crippen LogP) is 2.61. The van der Waals surface area contributed by atoms with Crippen LogP contribution in [0, 0.1) is 0 Å². The largest absolute Gasteiger partial charge is 0.493 e. The van der Waals surface area contributed by atoms with Crippen molar-refractivity contribution in [1.82, 2.24) is 10.6 Å². The second kappa shape index (κ2) is 8.68. The van der Waals surface area contributed by atoms with E-state index in [1.54, 1.807) is 21.3 Å². The first-order valence-electron chi connectivity index (χ1n) is 8.33. The molecule has 0 spiro atoms. The summed E-state index contributed by atoms with van der Waals surface area (Å²) in [5.41, 5.74) is 2.01. The Morgan fingerprint density at radius 2 is 1.52 bits per heavy atom. The number of benzene rings is 2. The summed E-state index contributed by atoms with van der Waals surface area (Å²) >= 11 is 5.36. The molecule has 0 aromatic heterocycles. The second-order valence-corrected chi connectivity index (χ2v) is 6.17. The summed E-state index contributed by atoms with van der Waals surface area (Å²) in [6.07, 6.45) is 0. The molecule has 1 aliphatic rings. The fraction of sp³-hybridized carbons (Fsp3) is 0.316. The molecule has 2 aromatic carbocycles. The third kappa shape index (κ3) is 4.46. The number of hydrogen-bond donors (Lipinski definition) is 2. The number of thiocarbonyl (C=S) groups is 1. The molecule has 27 heavy (non-hydrogen) atoms. The number of nitrogens with one attached hydrogen (secondary N) is 2. The van der Waals surface area contributed by atoms with E-state index in [0.717, 1.165) is 22.6 Å². The second-order valence-electron chi connectivity index (χ2n) is 5.76. The van der Waals surface area contributed by atoms with Crippen molar-refractivity contribution in [2.45, 2.75) is 13.1 Å². The minimum Gasteiger partial charge on any atom is -0.493 e. The van der Waals surface area contributed by atoms with Crippen LogP contribution in [0.3, 0.4) is 0 Å². The lowest BCUT2D eigenvalue weighted by Gasteiger charge is -2.15.